The monoisotopic (exact) mass is 236 g/mol. The van der Waals surface area contributed by atoms with Gasteiger partial charge in [0, 0.05) is 4.70 Å². The number of aryl methyl sites for hydroxylation is 1. The molecule has 0 saturated carbocycles. The molecule has 0 aliphatic heterocycles. The van der Waals surface area contributed by atoms with E-state index < -0.39 is 0 Å². The smallest absolute Gasteiger partial charge is 0.348 e. The van der Waals surface area contributed by atoms with Crippen LogP contribution < -0.4 is 0 Å². The summed E-state index contributed by atoms with van der Waals surface area (Å²) in [6.07, 6.45) is 0. The highest BCUT2D eigenvalue weighted by Crippen LogP contribution is 2.33. The van der Waals surface area contributed by atoms with Gasteiger partial charge in [-0.3, -0.25) is 0 Å². The molecule has 2 rings (SSSR count). The van der Waals surface area contributed by atoms with Crippen LogP contribution in [-0.4, -0.2) is 17.7 Å². The maximum atomic E-state index is 11.6. The fourth-order valence-electron chi connectivity index (χ4n) is 1.61. The lowest BCUT2D eigenvalue weighted by Gasteiger charge is -1.99. The number of aromatic hydroxyl groups is 1. The van der Waals surface area contributed by atoms with Crippen molar-refractivity contribution in [1.29, 1.82) is 0 Å². The number of carbonyl (C=O) groups excluding carboxylic acids is 1. The van der Waals surface area contributed by atoms with E-state index in [9.17, 15) is 9.90 Å². The van der Waals surface area contributed by atoms with Crippen LogP contribution >= 0.6 is 11.3 Å². The largest absolute Gasteiger partial charge is 0.508 e. The van der Waals surface area contributed by atoms with Gasteiger partial charge in [-0.25, -0.2) is 4.79 Å². The number of phenolic OH excluding ortho intramolecular Hbond substituents is 1. The molecule has 1 N–H and O–H groups in total. The van der Waals surface area contributed by atoms with Crippen molar-refractivity contribution in [3.8, 4) is 5.75 Å². The molecule has 0 amide bonds. The Labute approximate surface area is 97.3 Å². The van der Waals surface area contributed by atoms with Gasteiger partial charge >= 0.3 is 5.97 Å². The van der Waals surface area contributed by atoms with Crippen LogP contribution in [-0.2, 0) is 4.74 Å². The molecule has 0 aliphatic rings. The van der Waals surface area contributed by atoms with E-state index in [1.54, 1.807) is 19.1 Å². The first-order valence-corrected chi connectivity index (χ1v) is 5.84. The molecule has 0 spiro atoms. The minimum Gasteiger partial charge on any atom is -0.508 e. The molecule has 3 nitrogen and oxygen atoms in total. The van der Waals surface area contributed by atoms with E-state index in [-0.39, 0.29) is 11.7 Å². The van der Waals surface area contributed by atoms with Gasteiger partial charge in [0.25, 0.3) is 0 Å². The molecule has 0 bridgehead atoms. The second-order valence-electron chi connectivity index (χ2n) is 3.46. The third-order valence-corrected chi connectivity index (χ3v) is 3.62. The Bertz CT molecular complexity index is 542. The average Bonchev–Trinajstić information content (AvgIpc) is 2.56. The first-order valence-electron chi connectivity index (χ1n) is 5.02. The van der Waals surface area contributed by atoms with E-state index in [2.05, 4.69) is 0 Å². The minimum absolute atomic E-state index is 0.212. The van der Waals surface area contributed by atoms with Gasteiger partial charge in [-0.1, -0.05) is 0 Å². The van der Waals surface area contributed by atoms with Gasteiger partial charge in [-0.05, 0) is 43.0 Å². The molecule has 4 heteroatoms. The maximum Gasteiger partial charge on any atom is 0.348 e. The quantitative estimate of drug-likeness (QED) is 0.815. The number of carbonyl (C=O) groups is 1. The number of hydrogen-bond acceptors (Lipinski definition) is 4. The average molecular weight is 236 g/mol. The molecular formula is C12H12O3S. The third kappa shape index (κ3) is 1.76. The summed E-state index contributed by atoms with van der Waals surface area (Å²) in [5.41, 5.74) is 0.915. The van der Waals surface area contributed by atoms with Crippen molar-refractivity contribution in [3.05, 3.63) is 28.6 Å². The lowest BCUT2D eigenvalue weighted by atomic mass is 10.1. The number of thiophene rings is 1. The van der Waals surface area contributed by atoms with E-state index in [4.69, 9.17) is 4.74 Å². The fourth-order valence-corrected chi connectivity index (χ4v) is 2.74. The SMILES string of the molecule is CCOC(=O)c1sc2cc(O)ccc2c1C. The van der Waals surface area contributed by atoms with Gasteiger partial charge in [-0.15, -0.1) is 11.3 Å². The normalized spacial score (nSPS) is 10.6. The molecular weight excluding hydrogens is 224 g/mol. The van der Waals surface area contributed by atoms with Crippen LogP contribution in [0.5, 0.6) is 5.75 Å². The first kappa shape index (κ1) is 11.0. The molecule has 0 fully saturated rings. The van der Waals surface area contributed by atoms with Gasteiger partial charge in [0.1, 0.15) is 10.6 Å². The number of rotatable bonds is 2. The summed E-state index contributed by atoms with van der Waals surface area (Å²) in [6.45, 7) is 4.05. The van der Waals surface area contributed by atoms with Crippen LogP contribution in [0.25, 0.3) is 10.1 Å². The standard InChI is InChI=1S/C12H12O3S/c1-3-15-12(14)11-7(2)9-5-4-8(13)6-10(9)16-11/h4-6,13H,3H2,1-2H3. The van der Waals surface area contributed by atoms with Gasteiger partial charge < -0.3 is 9.84 Å². The Morgan fingerprint density at radius 1 is 1.50 bits per heavy atom. The molecule has 1 heterocycles. The fraction of sp³-hybridized carbons (Fsp3) is 0.250. The number of esters is 1. The van der Waals surface area contributed by atoms with Gasteiger partial charge in [0.05, 0.1) is 6.61 Å². The zero-order valence-corrected chi connectivity index (χ0v) is 9.93. The predicted octanol–water partition coefficient (Wildman–Crippen LogP) is 3.09. The molecule has 0 radical (unpaired) electrons. The van der Waals surface area contributed by atoms with Crippen LogP contribution in [0.4, 0.5) is 0 Å². The first-order chi connectivity index (χ1) is 7.63. The van der Waals surface area contributed by atoms with Crippen LogP contribution in [0.15, 0.2) is 18.2 Å². The zero-order chi connectivity index (χ0) is 11.7. The third-order valence-electron chi connectivity index (χ3n) is 2.38. The second kappa shape index (κ2) is 4.14. The molecule has 1 aromatic carbocycles. The molecule has 1 aromatic heterocycles. The molecule has 0 atom stereocenters. The van der Waals surface area contributed by atoms with Gasteiger partial charge in [-0.2, -0.15) is 0 Å². The van der Waals surface area contributed by atoms with Crippen molar-refractivity contribution in [2.75, 3.05) is 6.61 Å². The molecule has 0 aliphatic carbocycles. The van der Waals surface area contributed by atoms with Crippen LogP contribution in [0.1, 0.15) is 22.2 Å². The lowest BCUT2D eigenvalue weighted by molar-refractivity contribution is 0.0531. The van der Waals surface area contributed by atoms with Crippen molar-refractivity contribution in [2.45, 2.75) is 13.8 Å². The lowest BCUT2D eigenvalue weighted by Crippen LogP contribution is -2.03. The van der Waals surface area contributed by atoms with Gasteiger partial charge in [0.2, 0.25) is 0 Å². The van der Waals surface area contributed by atoms with Crippen LogP contribution in [0.3, 0.4) is 0 Å². The Morgan fingerprint density at radius 2 is 2.25 bits per heavy atom. The Kier molecular flexibility index (Phi) is 2.83. The predicted molar refractivity (Wildman–Crippen MR) is 64.2 cm³/mol. The summed E-state index contributed by atoms with van der Waals surface area (Å²) in [7, 11) is 0. The summed E-state index contributed by atoms with van der Waals surface area (Å²) in [5.74, 6) is -0.0788. The Balaban J connectivity index is 2.55. The van der Waals surface area contributed by atoms with Crippen molar-refractivity contribution in [2.24, 2.45) is 0 Å². The highest BCUT2D eigenvalue weighted by atomic mass is 32.1. The number of benzene rings is 1. The van der Waals surface area contributed by atoms with Crippen molar-refractivity contribution in [1.82, 2.24) is 0 Å². The van der Waals surface area contributed by atoms with Crippen LogP contribution in [0, 0.1) is 6.92 Å². The van der Waals surface area contributed by atoms with Crippen LogP contribution in [0.2, 0.25) is 0 Å². The molecule has 2 aromatic rings. The minimum atomic E-state index is -0.291. The number of hydrogen-bond donors (Lipinski definition) is 1. The summed E-state index contributed by atoms with van der Waals surface area (Å²) in [4.78, 5) is 12.3. The summed E-state index contributed by atoms with van der Waals surface area (Å²) in [6, 6.07) is 5.10. The van der Waals surface area contributed by atoms with Gasteiger partial charge in [0.15, 0.2) is 0 Å². The van der Waals surface area contributed by atoms with E-state index in [1.165, 1.54) is 11.3 Å². The number of phenols is 1. The highest BCUT2D eigenvalue weighted by molar-refractivity contribution is 7.21. The Hall–Kier alpha value is -1.55. The summed E-state index contributed by atoms with van der Waals surface area (Å²) < 4.78 is 5.88. The Morgan fingerprint density at radius 3 is 2.94 bits per heavy atom. The van der Waals surface area contributed by atoms with Crippen molar-refractivity contribution >= 4 is 27.4 Å². The van der Waals surface area contributed by atoms with E-state index in [0.717, 1.165) is 15.6 Å². The number of ether oxygens (including phenoxy) is 1. The number of fused-ring (bicyclic) bond motifs is 1. The molecule has 0 unspecified atom stereocenters. The molecule has 84 valence electrons. The maximum absolute atomic E-state index is 11.6. The molecule has 0 saturated heterocycles. The second-order valence-corrected chi connectivity index (χ2v) is 4.51. The van der Waals surface area contributed by atoms with E-state index in [0.29, 0.717) is 11.5 Å². The highest BCUT2D eigenvalue weighted by Gasteiger charge is 2.16. The zero-order valence-electron chi connectivity index (χ0n) is 9.11. The molecule has 16 heavy (non-hydrogen) atoms. The van der Waals surface area contributed by atoms with E-state index in [1.807, 2.05) is 13.0 Å². The van der Waals surface area contributed by atoms with Crippen molar-refractivity contribution in [3.63, 3.8) is 0 Å². The summed E-state index contributed by atoms with van der Waals surface area (Å²) in [5, 5.41) is 10.4. The topological polar surface area (TPSA) is 46.5 Å². The van der Waals surface area contributed by atoms with Crippen molar-refractivity contribution < 1.29 is 14.6 Å². The summed E-state index contributed by atoms with van der Waals surface area (Å²) >= 11 is 1.35. The van der Waals surface area contributed by atoms with E-state index >= 15 is 0 Å².